The third-order valence-corrected chi connectivity index (χ3v) is 4.47. The van der Waals surface area contributed by atoms with Gasteiger partial charge >= 0.3 is 0 Å². The summed E-state index contributed by atoms with van der Waals surface area (Å²) in [5.74, 6) is 3.22. The summed E-state index contributed by atoms with van der Waals surface area (Å²) in [6.45, 7) is 2.14. The van der Waals surface area contributed by atoms with Crippen LogP contribution < -0.4 is 15.2 Å². The van der Waals surface area contributed by atoms with Crippen LogP contribution in [0.15, 0.2) is 18.2 Å². The number of hydrogen-bond acceptors (Lipinski definition) is 3. The van der Waals surface area contributed by atoms with Gasteiger partial charge in [0.25, 0.3) is 0 Å². The maximum absolute atomic E-state index is 5.91. The minimum atomic E-state index is 0.657. The summed E-state index contributed by atoms with van der Waals surface area (Å²) in [5.41, 5.74) is 7.27. The first-order valence-electron chi connectivity index (χ1n) is 7.45. The molecule has 2 atom stereocenters. The van der Waals surface area contributed by atoms with Gasteiger partial charge in [-0.05, 0) is 55.3 Å². The highest BCUT2D eigenvalue weighted by Crippen LogP contribution is 2.35. The lowest BCUT2D eigenvalue weighted by molar-refractivity contribution is 0.171. The second-order valence-corrected chi connectivity index (χ2v) is 5.72. The van der Waals surface area contributed by atoms with Crippen molar-refractivity contribution in [1.29, 1.82) is 0 Å². The zero-order valence-electron chi connectivity index (χ0n) is 11.4. The maximum Gasteiger partial charge on any atom is 0.161 e. The van der Waals surface area contributed by atoms with E-state index < -0.39 is 0 Å². The molecule has 0 amide bonds. The van der Waals surface area contributed by atoms with Gasteiger partial charge in [0.2, 0.25) is 0 Å². The van der Waals surface area contributed by atoms with Crippen LogP contribution in [-0.4, -0.2) is 19.8 Å². The van der Waals surface area contributed by atoms with Crippen LogP contribution in [0.4, 0.5) is 0 Å². The van der Waals surface area contributed by atoms with Gasteiger partial charge in [0.15, 0.2) is 11.5 Å². The number of benzene rings is 1. The number of hydrogen-bond donors (Lipinski definition) is 1. The van der Waals surface area contributed by atoms with Crippen molar-refractivity contribution in [2.75, 3.05) is 19.8 Å². The number of rotatable bonds is 3. The molecule has 19 heavy (non-hydrogen) atoms. The summed E-state index contributed by atoms with van der Waals surface area (Å²) in [7, 11) is 0. The summed E-state index contributed by atoms with van der Waals surface area (Å²) in [6, 6.07) is 6.37. The third-order valence-electron chi connectivity index (χ3n) is 4.47. The molecule has 3 rings (SSSR count). The predicted octanol–water partition coefficient (Wildman–Crippen LogP) is 2.77. The summed E-state index contributed by atoms with van der Waals surface area (Å²) in [6.07, 6.45) is 6.44. The molecule has 1 aromatic carbocycles. The molecular formula is C16H23NO2. The van der Waals surface area contributed by atoms with Gasteiger partial charge in [-0.15, -0.1) is 0 Å². The lowest BCUT2D eigenvalue weighted by Crippen LogP contribution is -2.28. The molecule has 1 fully saturated rings. The van der Waals surface area contributed by atoms with Crippen molar-refractivity contribution < 1.29 is 9.47 Å². The Morgan fingerprint density at radius 3 is 2.53 bits per heavy atom. The van der Waals surface area contributed by atoms with E-state index in [1.807, 2.05) is 6.07 Å². The van der Waals surface area contributed by atoms with Crippen LogP contribution in [0.2, 0.25) is 0 Å². The van der Waals surface area contributed by atoms with Gasteiger partial charge in [0, 0.05) is 0 Å². The van der Waals surface area contributed by atoms with E-state index in [1.165, 1.54) is 31.2 Å². The van der Waals surface area contributed by atoms with Gasteiger partial charge in [-0.2, -0.15) is 0 Å². The Kier molecular flexibility index (Phi) is 3.92. The molecule has 0 bridgehead atoms. The van der Waals surface area contributed by atoms with E-state index in [2.05, 4.69) is 12.1 Å². The highest BCUT2D eigenvalue weighted by Gasteiger charge is 2.24. The van der Waals surface area contributed by atoms with Crippen LogP contribution in [0.3, 0.4) is 0 Å². The quantitative estimate of drug-likeness (QED) is 0.910. The van der Waals surface area contributed by atoms with E-state index in [1.54, 1.807) is 0 Å². The summed E-state index contributed by atoms with van der Waals surface area (Å²) >= 11 is 0. The Morgan fingerprint density at radius 1 is 1.00 bits per heavy atom. The zero-order chi connectivity index (χ0) is 13.1. The van der Waals surface area contributed by atoms with E-state index in [9.17, 15) is 0 Å². The molecule has 1 aromatic rings. The van der Waals surface area contributed by atoms with Crippen molar-refractivity contribution in [3.8, 4) is 11.5 Å². The summed E-state index contributed by atoms with van der Waals surface area (Å²) in [5, 5.41) is 0. The van der Waals surface area contributed by atoms with Crippen molar-refractivity contribution in [3.05, 3.63) is 23.8 Å². The molecule has 0 spiro atoms. The number of nitrogens with two attached hydrogens (primary N) is 1. The van der Waals surface area contributed by atoms with Gasteiger partial charge in [-0.1, -0.05) is 18.9 Å². The molecule has 0 radical (unpaired) electrons. The second-order valence-electron chi connectivity index (χ2n) is 5.72. The smallest absolute Gasteiger partial charge is 0.161 e. The number of fused-ring (bicyclic) bond motifs is 1. The van der Waals surface area contributed by atoms with Crippen molar-refractivity contribution in [2.45, 2.75) is 32.1 Å². The Morgan fingerprint density at radius 2 is 1.74 bits per heavy atom. The average molecular weight is 261 g/mol. The monoisotopic (exact) mass is 261 g/mol. The van der Waals surface area contributed by atoms with Gasteiger partial charge in [0.05, 0.1) is 0 Å². The molecule has 1 saturated carbocycles. The first-order valence-corrected chi connectivity index (χ1v) is 7.45. The molecular weight excluding hydrogens is 238 g/mol. The zero-order valence-corrected chi connectivity index (χ0v) is 11.4. The third kappa shape index (κ3) is 2.86. The SMILES string of the molecule is NCC1CCCCC1Cc1ccc2c(c1)OCCO2. The lowest BCUT2D eigenvalue weighted by Gasteiger charge is -2.31. The van der Waals surface area contributed by atoms with E-state index in [-0.39, 0.29) is 0 Å². The Balaban J connectivity index is 1.71. The molecule has 3 nitrogen and oxygen atoms in total. The van der Waals surface area contributed by atoms with Crippen molar-refractivity contribution in [1.82, 2.24) is 0 Å². The van der Waals surface area contributed by atoms with Crippen molar-refractivity contribution >= 4 is 0 Å². The molecule has 0 saturated heterocycles. The molecule has 2 aliphatic rings. The normalized spacial score (nSPS) is 26.2. The van der Waals surface area contributed by atoms with E-state index >= 15 is 0 Å². The Bertz CT molecular complexity index is 433. The highest BCUT2D eigenvalue weighted by molar-refractivity contribution is 5.43. The van der Waals surface area contributed by atoms with Gasteiger partial charge in [-0.3, -0.25) is 0 Å². The minimum Gasteiger partial charge on any atom is -0.486 e. The average Bonchev–Trinajstić information content (AvgIpc) is 2.48. The fourth-order valence-corrected chi connectivity index (χ4v) is 3.38. The first-order chi connectivity index (χ1) is 9.36. The molecule has 104 valence electrons. The van der Waals surface area contributed by atoms with Crippen LogP contribution in [0.5, 0.6) is 11.5 Å². The first kappa shape index (κ1) is 12.8. The van der Waals surface area contributed by atoms with Crippen LogP contribution in [0.1, 0.15) is 31.2 Å². The van der Waals surface area contributed by atoms with Crippen molar-refractivity contribution in [3.63, 3.8) is 0 Å². The van der Waals surface area contributed by atoms with E-state index in [0.717, 1.165) is 30.4 Å². The van der Waals surface area contributed by atoms with Gasteiger partial charge in [-0.25, -0.2) is 0 Å². The largest absolute Gasteiger partial charge is 0.486 e. The Labute approximate surface area is 115 Å². The molecule has 1 heterocycles. The second kappa shape index (κ2) is 5.83. The topological polar surface area (TPSA) is 44.5 Å². The van der Waals surface area contributed by atoms with Crippen LogP contribution in [-0.2, 0) is 6.42 Å². The predicted molar refractivity (Wildman–Crippen MR) is 75.6 cm³/mol. The Hall–Kier alpha value is -1.22. The standard InChI is InChI=1S/C16H23NO2/c17-11-14-4-2-1-3-13(14)9-12-5-6-15-16(10-12)19-8-7-18-15/h5-6,10,13-14H,1-4,7-9,11,17H2. The fourth-order valence-electron chi connectivity index (χ4n) is 3.38. The fraction of sp³-hybridized carbons (Fsp3) is 0.625. The maximum atomic E-state index is 5.91. The van der Waals surface area contributed by atoms with Crippen LogP contribution in [0.25, 0.3) is 0 Å². The molecule has 1 aliphatic heterocycles. The lowest BCUT2D eigenvalue weighted by atomic mass is 9.76. The molecule has 0 aromatic heterocycles. The number of ether oxygens (including phenoxy) is 2. The molecule has 2 N–H and O–H groups in total. The summed E-state index contributed by atoms with van der Waals surface area (Å²) < 4.78 is 11.2. The van der Waals surface area contributed by atoms with Crippen LogP contribution in [0, 0.1) is 11.8 Å². The van der Waals surface area contributed by atoms with Crippen molar-refractivity contribution in [2.24, 2.45) is 17.6 Å². The van der Waals surface area contributed by atoms with Gasteiger partial charge in [0.1, 0.15) is 13.2 Å². The summed E-state index contributed by atoms with van der Waals surface area (Å²) in [4.78, 5) is 0. The van der Waals surface area contributed by atoms with Gasteiger partial charge < -0.3 is 15.2 Å². The van der Waals surface area contributed by atoms with Crippen LogP contribution >= 0.6 is 0 Å². The van der Waals surface area contributed by atoms with E-state index in [0.29, 0.717) is 19.1 Å². The van der Waals surface area contributed by atoms with E-state index in [4.69, 9.17) is 15.2 Å². The molecule has 1 aliphatic carbocycles. The minimum absolute atomic E-state index is 0.657. The molecule has 3 heteroatoms. The highest BCUT2D eigenvalue weighted by atomic mass is 16.6. The molecule has 2 unspecified atom stereocenters.